The van der Waals surface area contributed by atoms with Crippen molar-refractivity contribution in [3.63, 3.8) is 0 Å². The number of carboxylic acids is 1. The normalized spacial score (nSPS) is 19.1. The van der Waals surface area contributed by atoms with Crippen LogP contribution in [-0.4, -0.2) is 72.7 Å². The highest BCUT2D eigenvalue weighted by atomic mass is 19.1. The van der Waals surface area contributed by atoms with Crippen LogP contribution in [0.2, 0.25) is 0 Å². The number of likely N-dealkylation sites (N-methyl/N-ethyl adjacent to an activating group) is 1. The predicted molar refractivity (Wildman–Crippen MR) is 70.9 cm³/mol. The lowest BCUT2D eigenvalue weighted by molar-refractivity contribution is -0.141. The number of ether oxygens (including phenoxy) is 1. The van der Waals surface area contributed by atoms with Crippen molar-refractivity contribution < 1.29 is 23.8 Å². The second-order valence-electron chi connectivity index (χ2n) is 5.15. The molecule has 1 heterocycles. The van der Waals surface area contributed by atoms with Crippen LogP contribution in [0.25, 0.3) is 0 Å². The molecule has 0 aromatic heterocycles. The fraction of sp³-hybridized carbons (Fsp3) is 0.692. The van der Waals surface area contributed by atoms with Crippen molar-refractivity contribution in [2.45, 2.75) is 20.0 Å². The van der Waals surface area contributed by atoms with E-state index in [9.17, 15) is 14.0 Å². The Morgan fingerprint density at radius 3 is 2.65 bits per heavy atom. The maximum Gasteiger partial charge on any atom is 0.317 e. The molecular weight excluding hydrogens is 267 g/mol. The van der Waals surface area contributed by atoms with Crippen molar-refractivity contribution >= 4 is 11.9 Å². The fourth-order valence-corrected chi connectivity index (χ4v) is 2.01. The molecule has 0 aromatic rings. The molecule has 1 rings (SSSR count). The number of carbonyl (C=O) groups excluding carboxylic acids is 1. The first kappa shape index (κ1) is 16.6. The lowest BCUT2D eigenvalue weighted by Crippen LogP contribution is -2.49. The van der Waals surface area contributed by atoms with Crippen molar-refractivity contribution in [3.05, 3.63) is 11.4 Å². The maximum absolute atomic E-state index is 13.6. The Kier molecular flexibility index (Phi) is 6.09. The van der Waals surface area contributed by atoms with Crippen molar-refractivity contribution in [2.75, 3.05) is 39.8 Å². The van der Waals surface area contributed by atoms with E-state index in [0.29, 0.717) is 25.3 Å². The zero-order valence-electron chi connectivity index (χ0n) is 12.1. The van der Waals surface area contributed by atoms with Gasteiger partial charge in [-0.1, -0.05) is 0 Å². The van der Waals surface area contributed by atoms with Crippen LogP contribution in [0.3, 0.4) is 0 Å². The Balaban J connectivity index is 2.57. The summed E-state index contributed by atoms with van der Waals surface area (Å²) in [5.41, 5.74) is 0.348. The Bertz CT molecular complexity index is 407. The lowest BCUT2D eigenvalue weighted by Gasteiger charge is -2.34. The minimum Gasteiger partial charge on any atom is -0.480 e. The quantitative estimate of drug-likeness (QED) is 0.746. The van der Waals surface area contributed by atoms with Crippen LogP contribution in [0.15, 0.2) is 11.4 Å². The Morgan fingerprint density at radius 1 is 1.45 bits per heavy atom. The number of carbonyl (C=O) groups is 2. The predicted octanol–water partition coefficient (Wildman–Crippen LogP) is 0.494. The molecule has 7 heteroatoms. The van der Waals surface area contributed by atoms with E-state index in [4.69, 9.17) is 9.84 Å². The van der Waals surface area contributed by atoms with Crippen molar-refractivity contribution in [1.82, 2.24) is 9.80 Å². The van der Waals surface area contributed by atoms with Gasteiger partial charge < -0.3 is 14.7 Å². The van der Waals surface area contributed by atoms with E-state index in [1.165, 1.54) is 4.90 Å². The number of nitrogens with zero attached hydrogens (tertiary/aromatic N) is 2. The molecule has 1 fully saturated rings. The monoisotopic (exact) mass is 288 g/mol. The molecule has 0 saturated carbocycles. The number of aliphatic carboxylic acids is 1. The van der Waals surface area contributed by atoms with Crippen LogP contribution < -0.4 is 0 Å². The van der Waals surface area contributed by atoms with Gasteiger partial charge in [0.15, 0.2) is 5.83 Å². The number of hydrogen-bond donors (Lipinski definition) is 1. The van der Waals surface area contributed by atoms with E-state index >= 15 is 0 Å². The van der Waals surface area contributed by atoms with Gasteiger partial charge in [0.05, 0.1) is 19.3 Å². The summed E-state index contributed by atoms with van der Waals surface area (Å²) in [5.74, 6) is -2.28. The first-order chi connectivity index (χ1) is 9.31. The smallest absolute Gasteiger partial charge is 0.317 e. The molecular formula is C13H21FN2O4. The average molecular weight is 288 g/mol. The van der Waals surface area contributed by atoms with E-state index in [-0.39, 0.29) is 19.2 Å². The highest BCUT2D eigenvalue weighted by Crippen LogP contribution is 2.13. The van der Waals surface area contributed by atoms with Gasteiger partial charge in [-0.2, -0.15) is 0 Å². The van der Waals surface area contributed by atoms with Gasteiger partial charge in [0, 0.05) is 19.6 Å². The summed E-state index contributed by atoms with van der Waals surface area (Å²) in [5, 5.41) is 8.68. The molecule has 1 aliphatic rings. The molecule has 0 bridgehead atoms. The van der Waals surface area contributed by atoms with Crippen LogP contribution in [0.4, 0.5) is 4.39 Å². The number of rotatable bonds is 5. The zero-order valence-corrected chi connectivity index (χ0v) is 12.1. The summed E-state index contributed by atoms with van der Waals surface area (Å²) in [6.45, 7) is 4.32. The van der Waals surface area contributed by atoms with E-state index in [0.717, 1.165) is 0 Å². The Labute approximate surface area is 117 Å². The molecule has 1 atom stereocenters. The third-order valence-corrected chi connectivity index (χ3v) is 2.97. The second-order valence-corrected chi connectivity index (χ2v) is 5.15. The van der Waals surface area contributed by atoms with Gasteiger partial charge in [0.25, 0.3) is 5.91 Å². The summed E-state index contributed by atoms with van der Waals surface area (Å²) in [4.78, 5) is 25.5. The minimum atomic E-state index is -0.924. The van der Waals surface area contributed by atoms with Crippen molar-refractivity contribution in [3.8, 4) is 0 Å². The number of amides is 1. The van der Waals surface area contributed by atoms with Gasteiger partial charge in [-0.15, -0.1) is 0 Å². The van der Waals surface area contributed by atoms with Crippen LogP contribution in [-0.2, 0) is 14.3 Å². The summed E-state index contributed by atoms with van der Waals surface area (Å²) in [6.07, 6.45) is -0.304. The van der Waals surface area contributed by atoms with E-state index in [1.54, 1.807) is 25.8 Å². The van der Waals surface area contributed by atoms with Crippen LogP contribution in [0.1, 0.15) is 13.8 Å². The molecule has 1 N–H and O–H groups in total. The lowest BCUT2D eigenvalue weighted by atomic mass is 10.2. The summed E-state index contributed by atoms with van der Waals surface area (Å²) in [7, 11) is 1.66. The van der Waals surface area contributed by atoms with Gasteiger partial charge >= 0.3 is 5.97 Å². The van der Waals surface area contributed by atoms with Crippen molar-refractivity contribution in [1.29, 1.82) is 0 Å². The third kappa shape index (κ3) is 4.90. The van der Waals surface area contributed by atoms with Crippen LogP contribution in [0, 0.1) is 0 Å². The summed E-state index contributed by atoms with van der Waals surface area (Å²) in [6, 6.07) is 0. The van der Waals surface area contributed by atoms with Crippen LogP contribution in [0.5, 0.6) is 0 Å². The molecule has 1 amide bonds. The van der Waals surface area contributed by atoms with Crippen molar-refractivity contribution in [2.24, 2.45) is 0 Å². The molecule has 0 radical (unpaired) electrons. The number of morpholine rings is 1. The van der Waals surface area contributed by atoms with Crippen LogP contribution >= 0.6 is 0 Å². The number of halogens is 1. The molecule has 0 aliphatic carbocycles. The zero-order chi connectivity index (χ0) is 15.3. The maximum atomic E-state index is 13.6. The summed E-state index contributed by atoms with van der Waals surface area (Å²) >= 11 is 0. The van der Waals surface area contributed by atoms with Gasteiger partial charge in [0.1, 0.15) is 0 Å². The Morgan fingerprint density at radius 2 is 2.10 bits per heavy atom. The molecule has 1 unspecified atom stereocenters. The van der Waals surface area contributed by atoms with E-state index in [1.807, 2.05) is 0 Å². The topological polar surface area (TPSA) is 70.1 Å². The fourth-order valence-electron chi connectivity index (χ4n) is 2.01. The Hall–Kier alpha value is -1.47. The number of hydrogen-bond acceptors (Lipinski definition) is 4. The molecule has 20 heavy (non-hydrogen) atoms. The number of carboxylic acid groups (broad SMARTS) is 1. The highest BCUT2D eigenvalue weighted by molar-refractivity contribution is 5.91. The third-order valence-electron chi connectivity index (χ3n) is 2.97. The second kappa shape index (κ2) is 7.35. The number of allylic oxidation sites excluding steroid dienone is 1. The van der Waals surface area contributed by atoms with E-state index < -0.39 is 17.7 Å². The molecule has 1 saturated heterocycles. The standard InChI is InChI=1S/C13H21FN2O4/c1-9(2)12(14)13(19)16-4-5-20-10(7-16)6-15(3)8-11(17)18/h10H,4-8H2,1-3H3,(H,17,18). The molecule has 0 aromatic carbocycles. The minimum absolute atomic E-state index is 0.101. The molecule has 1 aliphatic heterocycles. The first-order valence-corrected chi connectivity index (χ1v) is 6.45. The molecule has 0 spiro atoms. The van der Waals surface area contributed by atoms with Gasteiger partial charge in [0.2, 0.25) is 0 Å². The molecule has 114 valence electrons. The van der Waals surface area contributed by atoms with Gasteiger partial charge in [-0.05, 0) is 26.5 Å². The average Bonchev–Trinajstić information content (AvgIpc) is 2.36. The SMILES string of the molecule is CC(C)=C(F)C(=O)N1CCOC(CN(C)CC(=O)O)C1. The first-order valence-electron chi connectivity index (χ1n) is 6.45. The van der Waals surface area contributed by atoms with Gasteiger partial charge in [-0.25, -0.2) is 4.39 Å². The highest BCUT2D eigenvalue weighted by Gasteiger charge is 2.27. The van der Waals surface area contributed by atoms with E-state index in [2.05, 4.69) is 0 Å². The molecule has 6 nitrogen and oxygen atoms in total. The van der Waals surface area contributed by atoms with Gasteiger partial charge in [-0.3, -0.25) is 14.5 Å². The largest absolute Gasteiger partial charge is 0.480 e. The summed E-state index contributed by atoms with van der Waals surface area (Å²) < 4.78 is 19.1.